The lowest BCUT2D eigenvalue weighted by Crippen LogP contribution is -2.41. The van der Waals surface area contributed by atoms with Crippen LogP contribution in [-0.4, -0.2) is 27.0 Å². The van der Waals surface area contributed by atoms with Crippen molar-refractivity contribution in [2.24, 2.45) is 0 Å². The van der Waals surface area contributed by atoms with Crippen molar-refractivity contribution in [3.63, 3.8) is 0 Å². The highest BCUT2D eigenvalue weighted by molar-refractivity contribution is 6.07. The first-order valence-corrected chi connectivity index (χ1v) is 8.77. The smallest absolute Gasteiger partial charge is 0.330 e. The highest BCUT2D eigenvalue weighted by Crippen LogP contribution is 2.20. The van der Waals surface area contributed by atoms with Crippen LogP contribution in [-0.2, 0) is 6.54 Å². The lowest BCUT2D eigenvalue weighted by atomic mass is 10.2. The minimum Gasteiger partial charge on any atom is -0.383 e. The van der Waals surface area contributed by atoms with E-state index in [1.165, 1.54) is 15.7 Å². The van der Waals surface area contributed by atoms with Crippen LogP contribution in [0.25, 0.3) is 0 Å². The van der Waals surface area contributed by atoms with Crippen molar-refractivity contribution < 1.29 is 4.79 Å². The summed E-state index contributed by atoms with van der Waals surface area (Å²) in [6.07, 6.45) is 3.67. The van der Waals surface area contributed by atoms with E-state index in [4.69, 9.17) is 5.73 Å². The Balaban J connectivity index is 2.58. The Hall–Kier alpha value is -2.90. The van der Waals surface area contributed by atoms with E-state index in [1.54, 1.807) is 12.1 Å². The van der Waals surface area contributed by atoms with Gasteiger partial charge in [0.1, 0.15) is 5.82 Å². The van der Waals surface area contributed by atoms with Crippen molar-refractivity contribution >= 4 is 17.4 Å². The Morgan fingerprint density at radius 2 is 2.00 bits per heavy atom. The second-order valence-corrected chi connectivity index (χ2v) is 6.14. The minimum absolute atomic E-state index is 0.00474. The van der Waals surface area contributed by atoms with Gasteiger partial charge in [0, 0.05) is 25.0 Å². The fourth-order valence-electron chi connectivity index (χ4n) is 2.67. The number of carbonyl (C=O) groups is 1. The molecule has 0 aromatic carbocycles. The van der Waals surface area contributed by atoms with Gasteiger partial charge in [0.2, 0.25) is 0 Å². The molecule has 0 saturated carbocycles. The molecule has 26 heavy (non-hydrogen) atoms. The third-order valence-corrected chi connectivity index (χ3v) is 4.07. The van der Waals surface area contributed by atoms with E-state index in [-0.39, 0.29) is 17.4 Å². The van der Waals surface area contributed by atoms with E-state index < -0.39 is 11.2 Å². The summed E-state index contributed by atoms with van der Waals surface area (Å²) in [6.45, 7) is 6.39. The van der Waals surface area contributed by atoms with Crippen LogP contribution < -0.4 is 21.9 Å². The zero-order valence-electron chi connectivity index (χ0n) is 15.4. The largest absolute Gasteiger partial charge is 0.383 e. The monoisotopic (exact) mass is 359 g/mol. The lowest BCUT2D eigenvalue weighted by Gasteiger charge is -2.24. The van der Waals surface area contributed by atoms with Gasteiger partial charge in [-0.15, -0.1) is 0 Å². The number of unbranched alkanes of at least 4 members (excludes halogenated alkanes) is 1. The summed E-state index contributed by atoms with van der Waals surface area (Å²) < 4.78 is 1.29. The maximum absolute atomic E-state index is 13.0. The molecule has 0 unspecified atom stereocenters. The number of aromatic nitrogens is 3. The summed E-state index contributed by atoms with van der Waals surface area (Å²) >= 11 is 0. The van der Waals surface area contributed by atoms with Gasteiger partial charge in [-0.1, -0.05) is 20.3 Å². The second-order valence-electron chi connectivity index (χ2n) is 6.14. The van der Waals surface area contributed by atoms with E-state index in [0.717, 1.165) is 12.1 Å². The van der Waals surface area contributed by atoms with Crippen LogP contribution in [0.15, 0.2) is 27.9 Å². The fourth-order valence-corrected chi connectivity index (χ4v) is 2.67. The Labute approximate surface area is 151 Å². The molecule has 0 radical (unpaired) electrons. The first-order chi connectivity index (χ1) is 12.4. The zero-order valence-corrected chi connectivity index (χ0v) is 15.4. The topological polar surface area (TPSA) is 114 Å². The maximum atomic E-state index is 13.0. The number of nitrogens with one attached hydrogen (secondary N) is 1. The summed E-state index contributed by atoms with van der Waals surface area (Å²) in [6, 6.07) is 3.40. The third kappa shape index (κ3) is 4.01. The van der Waals surface area contributed by atoms with E-state index in [2.05, 4.69) is 9.97 Å². The molecule has 3 N–H and O–H groups in total. The van der Waals surface area contributed by atoms with Crippen molar-refractivity contribution in [2.75, 3.05) is 17.2 Å². The van der Waals surface area contributed by atoms with Gasteiger partial charge in [-0.3, -0.25) is 24.1 Å². The average molecular weight is 359 g/mol. The summed E-state index contributed by atoms with van der Waals surface area (Å²) in [4.78, 5) is 45.2. The van der Waals surface area contributed by atoms with Gasteiger partial charge in [0.15, 0.2) is 5.69 Å². The molecule has 1 amide bonds. The number of H-pyrrole nitrogens is 1. The summed E-state index contributed by atoms with van der Waals surface area (Å²) in [5.74, 6) is -0.366. The van der Waals surface area contributed by atoms with Crippen LogP contribution in [0.1, 0.15) is 49.2 Å². The van der Waals surface area contributed by atoms with Crippen LogP contribution in [0.5, 0.6) is 0 Å². The SMILES string of the molecule is CCCCN(C(=O)c1ccc(C)nc1)c1c(N)n(CCC)c(=O)[nH]c1=O. The van der Waals surface area contributed by atoms with Gasteiger partial charge in [-0.2, -0.15) is 0 Å². The number of hydrogen-bond acceptors (Lipinski definition) is 5. The molecule has 0 atom stereocenters. The average Bonchev–Trinajstić information content (AvgIpc) is 2.61. The number of nitrogen functional groups attached to an aromatic ring is 1. The normalized spacial score (nSPS) is 10.7. The molecular formula is C18H25N5O3. The standard InChI is InChI=1S/C18H25N5O3/c1-4-6-10-22(17(25)13-8-7-12(3)20-11-13)14-15(19)23(9-5-2)18(26)21-16(14)24/h7-8,11H,4-6,9-10,19H2,1-3H3,(H,21,24,26). The molecule has 0 spiro atoms. The highest BCUT2D eigenvalue weighted by atomic mass is 16.2. The van der Waals surface area contributed by atoms with Gasteiger partial charge in [0.25, 0.3) is 11.5 Å². The molecule has 140 valence electrons. The molecule has 2 aromatic heterocycles. The van der Waals surface area contributed by atoms with Crippen molar-refractivity contribution in [3.8, 4) is 0 Å². The highest BCUT2D eigenvalue weighted by Gasteiger charge is 2.25. The molecule has 0 saturated heterocycles. The number of aromatic amines is 1. The van der Waals surface area contributed by atoms with E-state index in [0.29, 0.717) is 31.5 Å². The van der Waals surface area contributed by atoms with Crippen LogP contribution in [0, 0.1) is 6.92 Å². The second kappa shape index (κ2) is 8.46. The predicted octanol–water partition coefficient (Wildman–Crippen LogP) is 1.68. The summed E-state index contributed by atoms with van der Waals surface area (Å²) in [5.41, 5.74) is 6.04. The molecule has 0 fully saturated rings. The van der Waals surface area contributed by atoms with E-state index in [9.17, 15) is 14.4 Å². The van der Waals surface area contributed by atoms with Gasteiger partial charge < -0.3 is 10.6 Å². The van der Waals surface area contributed by atoms with Crippen LogP contribution in [0.3, 0.4) is 0 Å². The molecule has 8 heteroatoms. The molecule has 8 nitrogen and oxygen atoms in total. The number of carbonyl (C=O) groups excluding carboxylic acids is 1. The number of rotatable bonds is 7. The van der Waals surface area contributed by atoms with Crippen molar-refractivity contribution in [1.29, 1.82) is 0 Å². The number of nitrogens with two attached hydrogens (primary N) is 1. The fraction of sp³-hybridized carbons (Fsp3) is 0.444. The molecule has 0 bridgehead atoms. The first kappa shape index (κ1) is 19.4. The molecule has 0 aliphatic carbocycles. The maximum Gasteiger partial charge on any atom is 0.330 e. The van der Waals surface area contributed by atoms with E-state index >= 15 is 0 Å². The van der Waals surface area contributed by atoms with E-state index in [1.807, 2.05) is 20.8 Å². The first-order valence-electron chi connectivity index (χ1n) is 8.77. The number of nitrogens with zero attached hydrogens (tertiary/aromatic N) is 3. The number of aryl methyl sites for hydroxylation is 1. The van der Waals surface area contributed by atoms with Crippen molar-refractivity contribution in [1.82, 2.24) is 14.5 Å². The molecular weight excluding hydrogens is 334 g/mol. The molecule has 0 aliphatic heterocycles. The minimum atomic E-state index is -0.663. The van der Waals surface area contributed by atoms with Crippen molar-refractivity contribution in [2.45, 2.75) is 46.6 Å². The van der Waals surface area contributed by atoms with Crippen LogP contribution in [0.2, 0.25) is 0 Å². The number of amides is 1. The number of anilines is 2. The van der Waals surface area contributed by atoms with Gasteiger partial charge in [0.05, 0.1) is 5.56 Å². The van der Waals surface area contributed by atoms with Crippen molar-refractivity contribution in [3.05, 3.63) is 50.4 Å². The van der Waals surface area contributed by atoms with Crippen LogP contribution >= 0.6 is 0 Å². The molecule has 0 aliphatic rings. The van der Waals surface area contributed by atoms with Gasteiger partial charge >= 0.3 is 5.69 Å². The van der Waals surface area contributed by atoms with Crippen LogP contribution in [0.4, 0.5) is 11.5 Å². The Morgan fingerprint density at radius 1 is 1.27 bits per heavy atom. The Bertz CT molecular complexity index is 883. The quantitative estimate of drug-likeness (QED) is 0.780. The zero-order chi connectivity index (χ0) is 19.3. The third-order valence-electron chi connectivity index (χ3n) is 4.07. The Morgan fingerprint density at radius 3 is 2.58 bits per heavy atom. The summed E-state index contributed by atoms with van der Waals surface area (Å²) in [7, 11) is 0. The number of pyridine rings is 1. The Kier molecular flexibility index (Phi) is 6.32. The molecule has 2 aromatic rings. The lowest BCUT2D eigenvalue weighted by molar-refractivity contribution is 0.0986. The molecule has 2 heterocycles. The van der Waals surface area contributed by atoms with Gasteiger partial charge in [-0.05, 0) is 31.9 Å². The summed E-state index contributed by atoms with van der Waals surface area (Å²) in [5, 5.41) is 0. The van der Waals surface area contributed by atoms with Gasteiger partial charge in [-0.25, -0.2) is 4.79 Å². The molecule has 2 rings (SSSR count). The predicted molar refractivity (Wildman–Crippen MR) is 102 cm³/mol. The number of hydrogen-bond donors (Lipinski definition) is 2.